The van der Waals surface area contributed by atoms with Crippen molar-refractivity contribution in [2.24, 2.45) is 0 Å². The zero-order valence-electron chi connectivity index (χ0n) is 12.2. The van der Waals surface area contributed by atoms with Crippen LogP contribution in [0.1, 0.15) is 42.6 Å². The first-order chi connectivity index (χ1) is 9.73. The van der Waals surface area contributed by atoms with E-state index in [2.05, 4.69) is 5.32 Å². The van der Waals surface area contributed by atoms with E-state index in [4.69, 9.17) is 0 Å². The molecule has 0 aliphatic rings. The van der Waals surface area contributed by atoms with Crippen molar-refractivity contribution in [1.29, 1.82) is 0 Å². The largest absolute Gasteiger partial charge is 0.480 e. The molecule has 114 valence electrons. The third kappa shape index (κ3) is 3.56. The molecule has 7 heteroatoms. The number of nitro benzene ring substituents is 1. The van der Waals surface area contributed by atoms with Crippen molar-refractivity contribution < 1.29 is 19.6 Å². The fourth-order valence-electron chi connectivity index (χ4n) is 2.14. The van der Waals surface area contributed by atoms with E-state index in [9.17, 15) is 24.8 Å². The third-order valence-corrected chi connectivity index (χ3v) is 3.29. The molecule has 0 spiro atoms. The highest BCUT2D eigenvalue weighted by atomic mass is 16.6. The minimum absolute atomic E-state index is 0.105. The summed E-state index contributed by atoms with van der Waals surface area (Å²) in [6.45, 7) is 4.75. The fraction of sp³-hybridized carbons (Fsp3) is 0.429. The van der Waals surface area contributed by atoms with Gasteiger partial charge in [0.2, 0.25) is 0 Å². The number of carboxylic acids is 1. The number of carboxylic acid groups (broad SMARTS) is 1. The molecular formula is C14H18N2O5. The van der Waals surface area contributed by atoms with Crippen molar-refractivity contribution in [3.05, 3.63) is 39.4 Å². The van der Waals surface area contributed by atoms with Crippen LogP contribution in [0.15, 0.2) is 18.2 Å². The van der Waals surface area contributed by atoms with Crippen molar-refractivity contribution in [1.82, 2.24) is 5.32 Å². The van der Waals surface area contributed by atoms with Crippen LogP contribution in [0, 0.1) is 17.0 Å². The monoisotopic (exact) mass is 294 g/mol. The number of nitro groups is 1. The Labute approximate surface area is 122 Å². The van der Waals surface area contributed by atoms with Crippen LogP contribution in [0.2, 0.25) is 0 Å². The molecule has 0 aliphatic carbocycles. The number of nitrogens with one attached hydrogen (secondary N) is 1. The Morgan fingerprint density at radius 1 is 1.43 bits per heavy atom. The van der Waals surface area contributed by atoms with Crippen molar-refractivity contribution >= 4 is 17.6 Å². The number of hydrogen-bond donors (Lipinski definition) is 2. The topological polar surface area (TPSA) is 110 Å². The Morgan fingerprint density at radius 3 is 2.52 bits per heavy atom. The van der Waals surface area contributed by atoms with E-state index in [1.165, 1.54) is 19.1 Å². The summed E-state index contributed by atoms with van der Waals surface area (Å²) in [7, 11) is 0. The summed E-state index contributed by atoms with van der Waals surface area (Å²) in [5, 5.41) is 22.7. The molecule has 1 amide bonds. The van der Waals surface area contributed by atoms with Crippen molar-refractivity contribution in [3.8, 4) is 0 Å². The van der Waals surface area contributed by atoms with E-state index in [0.717, 1.165) is 0 Å². The molecule has 0 radical (unpaired) electrons. The number of amides is 1. The molecule has 21 heavy (non-hydrogen) atoms. The number of aryl methyl sites for hydroxylation is 1. The molecule has 0 aromatic heterocycles. The van der Waals surface area contributed by atoms with Crippen LogP contribution in [0.5, 0.6) is 0 Å². The van der Waals surface area contributed by atoms with E-state index >= 15 is 0 Å². The van der Waals surface area contributed by atoms with Crippen molar-refractivity contribution in [2.75, 3.05) is 0 Å². The summed E-state index contributed by atoms with van der Waals surface area (Å²) in [6.07, 6.45) is 0.784. The molecule has 1 aromatic carbocycles. The normalized spacial score (nSPS) is 13.3. The Bertz CT molecular complexity index is 585. The summed E-state index contributed by atoms with van der Waals surface area (Å²) in [4.78, 5) is 34.0. The van der Waals surface area contributed by atoms with Crippen LogP contribution in [-0.4, -0.2) is 27.4 Å². The minimum Gasteiger partial charge on any atom is -0.480 e. The SMILES string of the molecule is CCCC(C)(NC(=O)c1c(C)cccc1[N+](=O)[O-])C(=O)O. The van der Waals surface area contributed by atoms with E-state index in [1.54, 1.807) is 19.9 Å². The van der Waals surface area contributed by atoms with Gasteiger partial charge in [0.05, 0.1) is 4.92 Å². The molecular weight excluding hydrogens is 276 g/mol. The number of hydrogen-bond acceptors (Lipinski definition) is 4. The third-order valence-electron chi connectivity index (χ3n) is 3.29. The van der Waals surface area contributed by atoms with E-state index in [1.807, 2.05) is 0 Å². The molecule has 0 heterocycles. The molecule has 1 rings (SSSR count). The molecule has 0 bridgehead atoms. The van der Waals surface area contributed by atoms with Gasteiger partial charge >= 0.3 is 5.97 Å². The second-order valence-corrected chi connectivity index (χ2v) is 5.07. The average molecular weight is 294 g/mol. The molecule has 0 fully saturated rings. The lowest BCUT2D eigenvalue weighted by Gasteiger charge is -2.26. The summed E-state index contributed by atoms with van der Waals surface area (Å²) in [5.41, 5.74) is -1.48. The Hall–Kier alpha value is -2.44. The zero-order chi connectivity index (χ0) is 16.2. The second-order valence-electron chi connectivity index (χ2n) is 5.07. The molecule has 0 saturated heterocycles. The van der Waals surface area contributed by atoms with Crippen LogP contribution in [-0.2, 0) is 4.79 Å². The zero-order valence-corrected chi connectivity index (χ0v) is 12.2. The number of nitrogens with zero attached hydrogens (tertiary/aromatic N) is 1. The van der Waals surface area contributed by atoms with Gasteiger partial charge in [0.25, 0.3) is 11.6 Å². The lowest BCUT2D eigenvalue weighted by atomic mass is 9.95. The molecule has 2 N–H and O–H groups in total. The average Bonchev–Trinajstić information content (AvgIpc) is 2.37. The predicted molar refractivity (Wildman–Crippen MR) is 76.2 cm³/mol. The molecule has 1 atom stereocenters. The summed E-state index contributed by atoms with van der Waals surface area (Å²) in [5.74, 6) is -1.92. The first-order valence-electron chi connectivity index (χ1n) is 6.53. The number of carbonyl (C=O) groups excluding carboxylic acids is 1. The molecule has 7 nitrogen and oxygen atoms in total. The van der Waals surface area contributed by atoms with Crippen LogP contribution >= 0.6 is 0 Å². The molecule has 0 saturated carbocycles. The summed E-state index contributed by atoms with van der Waals surface area (Å²) < 4.78 is 0. The summed E-state index contributed by atoms with van der Waals surface area (Å²) >= 11 is 0. The van der Waals surface area contributed by atoms with Gasteiger partial charge in [-0.05, 0) is 25.8 Å². The van der Waals surface area contributed by atoms with E-state index < -0.39 is 22.3 Å². The number of benzene rings is 1. The maximum atomic E-state index is 12.3. The lowest BCUT2D eigenvalue weighted by Crippen LogP contribution is -2.52. The van der Waals surface area contributed by atoms with Crippen molar-refractivity contribution in [3.63, 3.8) is 0 Å². The van der Waals surface area contributed by atoms with Gasteiger partial charge in [0, 0.05) is 6.07 Å². The smallest absolute Gasteiger partial charge is 0.329 e. The van der Waals surface area contributed by atoms with Crippen LogP contribution in [0.3, 0.4) is 0 Å². The summed E-state index contributed by atoms with van der Waals surface area (Å²) in [6, 6.07) is 4.27. The van der Waals surface area contributed by atoms with Gasteiger partial charge in [-0.1, -0.05) is 25.5 Å². The van der Waals surface area contributed by atoms with Crippen molar-refractivity contribution in [2.45, 2.75) is 39.2 Å². The van der Waals surface area contributed by atoms with Gasteiger partial charge in [-0.3, -0.25) is 14.9 Å². The van der Waals surface area contributed by atoms with Crippen LogP contribution in [0.25, 0.3) is 0 Å². The number of rotatable bonds is 6. The maximum absolute atomic E-state index is 12.3. The first kappa shape index (κ1) is 16.6. The number of aliphatic carboxylic acids is 1. The highest BCUT2D eigenvalue weighted by Crippen LogP contribution is 2.23. The standard InChI is InChI=1S/C14H18N2O5/c1-4-8-14(3,13(18)19)15-12(17)11-9(2)6-5-7-10(11)16(20)21/h5-7H,4,8H2,1-3H3,(H,15,17)(H,18,19). The van der Waals surface area contributed by atoms with Crippen LogP contribution < -0.4 is 5.32 Å². The Kier molecular flexibility index (Phi) is 5.02. The highest BCUT2D eigenvalue weighted by Gasteiger charge is 2.36. The van der Waals surface area contributed by atoms with Gasteiger partial charge in [0.1, 0.15) is 11.1 Å². The predicted octanol–water partition coefficient (Wildman–Crippen LogP) is 2.28. The van der Waals surface area contributed by atoms with Gasteiger partial charge in [-0.15, -0.1) is 0 Å². The van der Waals surface area contributed by atoms with Gasteiger partial charge in [0.15, 0.2) is 0 Å². The molecule has 0 aliphatic heterocycles. The van der Waals surface area contributed by atoms with E-state index in [-0.39, 0.29) is 17.7 Å². The Morgan fingerprint density at radius 2 is 2.05 bits per heavy atom. The minimum atomic E-state index is -1.46. The van der Waals surface area contributed by atoms with Gasteiger partial charge < -0.3 is 10.4 Å². The highest BCUT2D eigenvalue weighted by molar-refractivity contribution is 6.02. The maximum Gasteiger partial charge on any atom is 0.329 e. The first-order valence-corrected chi connectivity index (χ1v) is 6.53. The van der Waals surface area contributed by atoms with Gasteiger partial charge in [-0.2, -0.15) is 0 Å². The van der Waals surface area contributed by atoms with Crippen LogP contribution in [0.4, 0.5) is 5.69 Å². The molecule has 1 unspecified atom stereocenters. The second kappa shape index (κ2) is 6.34. The van der Waals surface area contributed by atoms with E-state index in [0.29, 0.717) is 12.0 Å². The van der Waals surface area contributed by atoms with Gasteiger partial charge in [-0.25, -0.2) is 4.79 Å². The lowest BCUT2D eigenvalue weighted by molar-refractivity contribution is -0.385. The Balaban J connectivity index is 3.21. The fourth-order valence-corrected chi connectivity index (χ4v) is 2.14. The molecule has 1 aromatic rings. The quantitative estimate of drug-likeness (QED) is 0.617. The number of carbonyl (C=O) groups is 2.